The first-order valence-electron chi connectivity index (χ1n) is 3.69. The van der Waals surface area contributed by atoms with Crippen LogP contribution in [0.4, 0.5) is 0 Å². The number of carboxylic acids is 3. The summed E-state index contributed by atoms with van der Waals surface area (Å²) in [6, 6.07) is 0. The van der Waals surface area contributed by atoms with Gasteiger partial charge in [0.05, 0.1) is 12.8 Å². The van der Waals surface area contributed by atoms with Crippen LogP contribution in [0.15, 0.2) is 0 Å². The zero-order valence-electron chi connectivity index (χ0n) is 8.60. The Balaban J connectivity index is -0.000000188. The number of carbonyl (C=O) groups is 3. The molecule has 0 heterocycles. The lowest BCUT2D eigenvalue weighted by atomic mass is 10.3. The third kappa shape index (κ3) is 200. The minimum atomic E-state index is -4.67. The van der Waals surface area contributed by atoms with Crippen molar-refractivity contribution in [2.45, 2.75) is 19.8 Å². The number of hydrogen-bond acceptors (Lipinski definition) is 5. The van der Waals surface area contributed by atoms with Gasteiger partial charge in [0.15, 0.2) is 0 Å². The minimum absolute atomic E-state index is 0.296. The van der Waals surface area contributed by atoms with Gasteiger partial charge in [-0.05, 0) is 0 Å². The first kappa shape index (κ1) is 20.7. The van der Waals surface area contributed by atoms with Crippen molar-refractivity contribution >= 4 is 28.3 Å². The quantitative estimate of drug-likeness (QED) is 0.415. The molecule has 0 bridgehead atoms. The number of aliphatic carboxylic acids is 3. The maximum Gasteiger partial charge on any atom is 0.394 e. The van der Waals surface area contributed by atoms with Gasteiger partial charge in [-0.25, -0.2) is 0 Å². The molecule has 0 aromatic carbocycles. The van der Waals surface area contributed by atoms with Crippen LogP contribution in [0.2, 0.25) is 0 Å². The third-order valence-electron chi connectivity index (χ3n) is 0.553. The largest absolute Gasteiger partial charge is 0.481 e. The van der Waals surface area contributed by atoms with E-state index in [2.05, 4.69) is 0 Å². The van der Waals surface area contributed by atoms with Crippen LogP contribution in [-0.2, 0) is 24.8 Å². The van der Waals surface area contributed by atoms with Crippen molar-refractivity contribution in [2.24, 2.45) is 0 Å². The van der Waals surface area contributed by atoms with Crippen molar-refractivity contribution in [3.05, 3.63) is 0 Å². The van der Waals surface area contributed by atoms with Crippen LogP contribution in [0.5, 0.6) is 0 Å². The van der Waals surface area contributed by atoms with Gasteiger partial charge in [-0.1, -0.05) is 0 Å². The van der Waals surface area contributed by atoms with Crippen LogP contribution in [0.25, 0.3) is 0 Å². The Bertz CT molecular complexity index is 316. The van der Waals surface area contributed by atoms with E-state index in [0.29, 0.717) is 0 Å². The second kappa shape index (κ2) is 10.8. The second-order valence-corrected chi connectivity index (χ2v) is 3.15. The molecule has 0 radical (unpaired) electrons. The average Bonchev–Trinajstić information content (AvgIpc) is 1.96. The summed E-state index contributed by atoms with van der Waals surface area (Å²) >= 11 is 0. The van der Waals surface area contributed by atoms with E-state index in [0.717, 1.165) is 6.92 Å². The highest BCUT2D eigenvalue weighted by Crippen LogP contribution is 1.86. The van der Waals surface area contributed by atoms with Crippen LogP contribution in [0.3, 0.4) is 0 Å². The van der Waals surface area contributed by atoms with E-state index >= 15 is 0 Å². The summed E-state index contributed by atoms with van der Waals surface area (Å²) in [5.74, 6) is -2.99. The highest BCUT2D eigenvalue weighted by molar-refractivity contribution is 7.79. The van der Waals surface area contributed by atoms with Gasteiger partial charge < -0.3 is 15.3 Å². The Morgan fingerprint density at radius 3 is 1.06 bits per heavy atom. The molecule has 5 N–H and O–H groups in total. The number of rotatable bonds is 3. The van der Waals surface area contributed by atoms with Crippen molar-refractivity contribution in [3.63, 3.8) is 0 Å². The highest BCUT2D eigenvalue weighted by Gasteiger charge is 2.00. The fraction of sp³-hybridized carbons (Fsp3) is 0.500. The molecule has 102 valence electrons. The molecule has 0 saturated carbocycles. The maximum atomic E-state index is 9.64. The molecule has 0 atom stereocenters. The summed E-state index contributed by atoms with van der Waals surface area (Å²) in [5.41, 5.74) is 0. The average molecular weight is 276 g/mol. The molecule has 0 aliphatic carbocycles. The fourth-order valence-corrected chi connectivity index (χ4v) is 0.214. The van der Waals surface area contributed by atoms with E-state index in [1.165, 1.54) is 0 Å². The zero-order valence-corrected chi connectivity index (χ0v) is 9.42. The topological polar surface area (TPSA) is 186 Å². The van der Waals surface area contributed by atoms with Gasteiger partial charge in [0.1, 0.15) is 0 Å². The summed E-state index contributed by atoms with van der Waals surface area (Å²) in [7, 11) is -4.67. The number of carboxylic acid groups (broad SMARTS) is 3. The molecule has 0 saturated heterocycles. The van der Waals surface area contributed by atoms with Crippen LogP contribution < -0.4 is 0 Å². The van der Waals surface area contributed by atoms with Gasteiger partial charge in [0.25, 0.3) is 5.97 Å². The molecular weight excluding hydrogens is 264 g/mol. The Hall–Kier alpha value is -1.72. The van der Waals surface area contributed by atoms with Crippen molar-refractivity contribution in [2.75, 3.05) is 0 Å². The molecule has 0 fully saturated rings. The molecular formula is C6H12O10S. The minimum Gasteiger partial charge on any atom is -0.481 e. The molecule has 17 heavy (non-hydrogen) atoms. The lowest BCUT2D eigenvalue weighted by molar-refractivity contribution is -0.143. The van der Waals surface area contributed by atoms with Gasteiger partial charge in [-0.3, -0.25) is 23.5 Å². The smallest absolute Gasteiger partial charge is 0.394 e. The molecule has 0 aromatic heterocycles. The van der Waals surface area contributed by atoms with Crippen molar-refractivity contribution in [1.29, 1.82) is 0 Å². The summed E-state index contributed by atoms with van der Waals surface area (Å²) in [6.07, 6.45) is -0.593. The van der Waals surface area contributed by atoms with E-state index < -0.39 is 28.3 Å². The van der Waals surface area contributed by atoms with Gasteiger partial charge >= 0.3 is 22.3 Å². The van der Waals surface area contributed by atoms with E-state index in [4.69, 9.17) is 37.6 Å². The third-order valence-corrected chi connectivity index (χ3v) is 0.553. The molecule has 0 aromatic rings. The van der Waals surface area contributed by atoms with E-state index in [9.17, 15) is 9.59 Å². The predicted molar refractivity (Wildman–Crippen MR) is 52.0 cm³/mol. The SMILES string of the molecule is CC(=O)O.O=C(O)CCC(=O)O.O=S(=O)(O)O. The van der Waals surface area contributed by atoms with Crippen molar-refractivity contribution < 1.29 is 47.2 Å². The molecule has 11 heteroatoms. The highest BCUT2D eigenvalue weighted by atomic mass is 32.3. The second-order valence-electron chi connectivity index (χ2n) is 2.25. The first-order valence-corrected chi connectivity index (χ1v) is 5.09. The van der Waals surface area contributed by atoms with E-state index in [1.54, 1.807) is 0 Å². The fourth-order valence-electron chi connectivity index (χ4n) is 0.214. The van der Waals surface area contributed by atoms with Crippen molar-refractivity contribution in [1.82, 2.24) is 0 Å². The Morgan fingerprint density at radius 2 is 1.00 bits per heavy atom. The van der Waals surface area contributed by atoms with Gasteiger partial charge in [-0.2, -0.15) is 8.42 Å². The normalized spacial score (nSPS) is 8.88. The van der Waals surface area contributed by atoms with Crippen molar-refractivity contribution in [3.8, 4) is 0 Å². The maximum absolute atomic E-state index is 9.64. The summed E-state index contributed by atoms with van der Waals surface area (Å²) < 4.78 is 31.6. The van der Waals surface area contributed by atoms with Crippen LogP contribution >= 0.6 is 0 Å². The molecule has 0 rings (SSSR count). The molecule has 0 unspecified atom stereocenters. The van der Waals surface area contributed by atoms with Crippen LogP contribution in [-0.4, -0.2) is 50.8 Å². The Kier molecular flexibility index (Phi) is 13.1. The summed E-state index contributed by atoms with van der Waals surface area (Å²) in [5, 5.41) is 23.2. The van der Waals surface area contributed by atoms with E-state index in [-0.39, 0.29) is 12.8 Å². The Labute approximate surface area is 96.1 Å². The van der Waals surface area contributed by atoms with Gasteiger partial charge in [0, 0.05) is 6.92 Å². The predicted octanol–water partition coefficient (Wildman–Crippen LogP) is -0.626. The summed E-state index contributed by atoms with van der Waals surface area (Å²) in [4.78, 5) is 28.3. The van der Waals surface area contributed by atoms with Gasteiger partial charge in [0.2, 0.25) is 0 Å². The van der Waals surface area contributed by atoms with E-state index in [1.807, 2.05) is 0 Å². The molecule has 10 nitrogen and oxygen atoms in total. The molecule has 0 amide bonds. The molecule has 0 spiro atoms. The number of hydrogen-bond donors (Lipinski definition) is 5. The van der Waals surface area contributed by atoms with Crippen LogP contribution in [0.1, 0.15) is 19.8 Å². The standard InChI is InChI=1S/C4H6O4.C2H4O2.H2O4S/c5-3(6)1-2-4(7)8;1-2(3)4;1-5(2,3)4/h1-2H2,(H,5,6)(H,7,8);1H3,(H,3,4);(H2,1,2,3,4). The Morgan fingerprint density at radius 1 is 0.882 bits per heavy atom. The lowest BCUT2D eigenvalue weighted by Gasteiger charge is -1.85. The lowest BCUT2D eigenvalue weighted by Crippen LogP contribution is -2.00. The monoisotopic (exact) mass is 276 g/mol. The van der Waals surface area contributed by atoms with Crippen LogP contribution in [0, 0.1) is 0 Å². The zero-order chi connectivity index (χ0) is 14.6. The molecule has 0 aliphatic rings. The van der Waals surface area contributed by atoms with Gasteiger partial charge in [-0.15, -0.1) is 0 Å². The first-order chi connectivity index (χ1) is 7.36. The molecule has 0 aliphatic heterocycles. The summed E-state index contributed by atoms with van der Waals surface area (Å²) in [6.45, 7) is 1.08.